The van der Waals surface area contributed by atoms with Gasteiger partial charge in [-0.15, -0.1) is 0 Å². The number of hydrogen-bond donors (Lipinski definition) is 3. The first kappa shape index (κ1) is 14.9. The first-order valence-electron chi connectivity index (χ1n) is 5.68. The van der Waals surface area contributed by atoms with E-state index in [9.17, 15) is 14.7 Å². The number of rotatable bonds is 5. The van der Waals surface area contributed by atoms with Crippen LogP contribution in [0.3, 0.4) is 0 Å². The van der Waals surface area contributed by atoms with Gasteiger partial charge in [-0.1, -0.05) is 0 Å². The SMILES string of the molecule is C[C@@H](O)[C@H](NC(=O)c1ccc(N(C)C)nc1)C(=O)O. The van der Waals surface area contributed by atoms with Gasteiger partial charge in [0.15, 0.2) is 6.04 Å². The number of nitrogens with zero attached hydrogens (tertiary/aromatic N) is 2. The number of aromatic nitrogens is 1. The molecule has 0 saturated carbocycles. The minimum atomic E-state index is -1.35. The van der Waals surface area contributed by atoms with Crippen molar-refractivity contribution in [3.8, 4) is 0 Å². The fraction of sp³-hybridized carbons (Fsp3) is 0.417. The highest BCUT2D eigenvalue weighted by molar-refractivity contribution is 5.96. The van der Waals surface area contributed by atoms with Crippen LogP contribution in [0.4, 0.5) is 5.82 Å². The summed E-state index contributed by atoms with van der Waals surface area (Å²) in [6.07, 6.45) is 0.168. The van der Waals surface area contributed by atoms with E-state index in [-0.39, 0.29) is 5.56 Å². The van der Waals surface area contributed by atoms with Crippen LogP contribution in [0.1, 0.15) is 17.3 Å². The van der Waals surface area contributed by atoms with Gasteiger partial charge in [0.1, 0.15) is 5.82 Å². The molecule has 0 aromatic carbocycles. The second-order valence-electron chi connectivity index (χ2n) is 4.33. The third-order valence-corrected chi connectivity index (χ3v) is 2.50. The highest BCUT2D eigenvalue weighted by Crippen LogP contribution is 2.08. The van der Waals surface area contributed by atoms with Crippen LogP contribution in [0.5, 0.6) is 0 Å². The summed E-state index contributed by atoms with van der Waals surface area (Å²) in [6.45, 7) is 1.30. The number of aliphatic hydroxyl groups is 1. The average molecular weight is 267 g/mol. The van der Waals surface area contributed by atoms with Crippen LogP contribution in [-0.2, 0) is 4.79 Å². The number of nitrogens with one attached hydrogen (secondary N) is 1. The quantitative estimate of drug-likeness (QED) is 0.677. The summed E-state index contributed by atoms with van der Waals surface area (Å²) in [7, 11) is 3.63. The molecule has 0 bridgehead atoms. The third kappa shape index (κ3) is 3.92. The van der Waals surface area contributed by atoms with Crippen LogP contribution in [0.2, 0.25) is 0 Å². The maximum Gasteiger partial charge on any atom is 0.328 e. The lowest BCUT2D eigenvalue weighted by molar-refractivity contribution is -0.141. The molecule has 0 spiro atoms. The van der Waals surface area contributed by atoms with Gasteiger partial charge < -0.3 is 20.4 Å². The number of carbonyl (C=O) groups is 2. The number of aliphatic carboxylic acids is 1. The van der Waals surface area contributed by atoms with Crippen molar-refractivity contribution in [1.82, 2.24) is 10.3 Å². The summed E-state index contributed by atoms with van der Waals surface area (Å²) in [6, 6.07) is 1.84. The number of pyridine rings is 1. The van der Waals surface area contributed by atoms with Crippen LogP contribution >= 0.6 is 0 Å². The minimum absolute atomic E-state index is 0.234. The summed E-state index contributed by atoms with van der Waals surface area (Å²) >= 11 is 0. The predicted octanol–water partition coefficient (Wildman–Crippen LogP) is -0.289. The molecule has 3 N–H and O–H groups in total. The molecule has 0 fully saturated rings. The maximum atomic E-state index is 11.8. The first-order valence-corrected chi connectivity index (χ1v) is 5.68. The number of hydrogen-bond acceptors (Lipinski definition) is 5. The van der Waals surface area contributed by atoms with E-state index in [0.29, 0.717) is 5.82 Å². The topological polar surface area (TPSA) is 103 Å². The number of aliphatic hydroxyl groups excluding tert-OH is 1. The third-order valence-electron chi connectivity index (χ3n) is 2.50. The number of anilines is 1. The van der Waals surface area contributed by atoms with Gasteiger partial charge >= 0.3 is 5.97 Å². The highest BCUT2D eigenvalue weighted by atomic mass is 16.4. The molecule has 1 aromatic heterocycles. The summed E-state index contributed by atoms with van der Waals surface area (Å²) in [5, 5.41) is 20.4. The molecule has 1 aromatic rings. The number of carboxylic acid groups (broad SMARTS) is 1. The fourth-order valence-corrected chi connectivity index (χ4v) is 1.40. The minimum Gasteiger partial charge on any atom is -0.480 e. The molecule has 0 aliphatic heterocycles. The van der Waals surface area contributed by atoms with E-state index in [0.717, 1.165) is 0 Å². The summed E-state index contributed by atoms with van der Waals surface area (Å²) in [5.41, 5.74) is 0.234. The van der Waals surface area contributed by atoms with Gasteiger partial charge in [-0.2, -0.15) is 0 Å². The molecule has 0 aliphatic rings. The first-order chi connectivity index (χ1) is 8.82. The average Bonchev–Trinajstić information content (AvgIpc) is 2.34. The monoisotopic (exact) mass is 267 g/mol. The van der Waals surface area contributed by atoms with E-state index in [4.69, 9.17) is 5.11 Å². The Bertz CT molecular complexity index is 457. The summed E-state index contributed by atoms with van der Waals surface area (Å²) < 4.78 is 0. The molecule has 7 heteroatoms. The second kappa shape index (κ2) is 6.14. The lowest BCUT2D eigenvalue weighted by Crippen LogP contribution is -2.47. The molecular weight excluding hydrogens is 250 g/mol. The Labute approximate surface area is 110 Å². The largest absolute Gasteiger partial charge is 0.480 e. The summed E-state index contributed by atoms with van der Waals surface area (Å²) in [4.78, 5) is 28.5. The highest BCUT2D eigenvalue weighted by Gasteiger charge is 2.25. The molecule has 7 nitrogen and oxygen atoms in total. The van der Waals surface area contributed by atoms with Gasteiger partial charge in [0.25, 0.3) is 5.91 Å². The molecule has 2 atom stereocenters. The fourth-order valence-electron chi connectivity index (χ4n) is 1.40. The van der Waals surface area contributed by atoms with Crippen LogP contribution in [0.15, 0.2) is 18.3 Å². The second-order valence-corrected chi connectivity index (χ2v) is 4.33. The van der Waals surface area contributed by atoms with Crippen LogP contribution in [-0.4, -0.2) is 53.3 Å². The van der Waals surface area contributed by atoms with E-state index < -0.39 is 24.0 Å². The van der Waals surface area contributed by atoms with Crippen molar-refractivity contribution in [1.29, 1.82) is 0 Å². The van der Waals surface area contributed by atoms with Crippen molar-refractivity contribution in [2.75, 3.05) is 19.0 Å². The lowest BCUT2D eigenvalue weighted by atomic mass is 10.1. The zero-order valence-corrected chi connectivity index (χ0v) is 11.0. The molecule has 1 rings (SSSR count). The maximum absolute atomic E-state index is 11.8. The van der Waals surface area contributed by atoms with E-state index in [1.165, 1.54) is 13.1 Å². The molecule has 0 unspecified atom stereocenters. The van der Waals surface area contributed by atoms with Crippen molar-refractivity contribution in [3.63, 3.8) is 0 Å². The Morgan fingerprint density at radius 2 is 2.00 bits per heavy atom. The van der Waals surface area contributed by atoms with E-state index in [1.54, 1.807) is 17.0 Å². The van der Waals surface area contributed by atoms with Crippen LogP contribution in [0, 0.1) is 0 Å². The smallest absolute Gasteiger partial charge is 0.328 e. The van der Waals surface area contributed by atoms with Gasteiger partial charge in [0.05, 0.1) is 11.7 Å². The normalized spacial score (nSPS) is 13.5. The Morgan fingerprint density at radius 1 is 1.37 bits per heavy atom. The molecule has 104 valence electrons. The molecule has 1 amide bonds. The van der Waals surface area contributed by atoms with Gasteiger partial charge in [0.2, 0.25) is 0 Å². The van der Waals surface area contributed by atoms with Gasteiger partial charge in [-0.3, -0.25) is 4.79 Å². The molecule has 19 heavy (non-hydrogen) atoms. The molecule has 0 saturated heterocycles. The Balaban J connectivity index is 2.80. The Hall–Kier alpha value is -2.15. The van der Waals surface area contributed by atoms with Crippen LogP contribution < -0.4 is 10.2 Å². The van der Waals surface area contributed by atoms with Crippen molar-refractivity contribution >= 4 is 17.7 Å². The molecule has 0 aliphatic carbocycles. The molecule has 0 radical (unpaired) electrons. The van der Waals surface area contributed by atoms with Crippen molar-refractivity contribution in [3.05, 3.63) is 23.9 Å². The Kier molecular flexibility index (Phi) is 4.82. The standard InChI is InChI=1S/C12H17N3O4/c1-7(16)10(12(18)19)14-11(17)8-4-5-9(13-6-8)15(2)3/h4-7,10,16H,1-3H3,(H,14,17)(H,18,19)/t7-,10+/m1/s1. The zero-order valence-electron chi connectivity index (χ0n) is 11.0. The predicted molar refractivity (Wildman–Crippen MR) is 69.1 cm³/mol. The molecular formula is C12H17N3O4. The summed E-state index contributed by atoms with van der Waals surface area (Å²) in [5.74, 6) is -1.20. The lowest BCUT2D eigenvalue weighted by Gasteiger charge is -2.17. The van der Waals surface area contributed by atoms with Gasteiger partial charge in [0, 0.05) is 20.3 Å². The van der Waals surface area contributed by atoms with Crippen molar-refractivity contribution < 1.29 is 19.8 Å². The Morgan fingerprint density at radius 3 is 2.37 bits per heavy atom. The number of carbonyl (C=O) groups excluding carboxylic acids is 1. The number of amides is 1. The van der Waals surface area contributed by atoms with Gasteiger partial charge in [-0.05, 0) is 19.1 Å². The zero-order chi connectivity index (χ0) is 14.6. The molecule has 1 heterocycles. The van der Waals surface area contributed by atoms with E-state index in [1.807, 2.05) is 14.1 Å². The van der Waals surface area contributed by atoms with E-state index in [2.05, 4.69) is 10.3 Å². The number of carboxylic acids is 1. The van der Waals surface area contributed by atoms with E-state index >= 15 is 0 Å². The van der Waals surface area contributed by atoms with Gasteiger partial charge in [-0.25, -0.2) is 9.78 Å². The van der Waals surface area contributed by atoms with Crippen molar-refractivity contribution in [2.45, 2.75) is 19.1 Å². The van der Waals surface area contributed by atoms with Crippen LogP contribution in [0.25, 0.3) is 0 Å². The van der Waals surface area contributed by atoms with Crippen molar-refractivity contribution in [2.24, 2.45) is 0 Å².